The van der Waals surface area contributed by atoms with Gasteiger partial charge < -0.3 is 15.0 Å². The van der Waals surface area contributed by atoms with Gasteiger partial charge in [-0.25, -0.2) is 9.97 Å². The van der Waals surface area contributed by atoms with Crippen LogP contribution in [-0.2, 0) is 11.3 Å². The van der Waals surface area contributed by atoms with Gasteiger partial charge in [-0.3, -0.25) is 4.79 Å². The maximum atomic E-state index is 12.6. The number of aromatic nitrogens is 2. The highest BCUT2D eigenvalue weighted by atomic mass is 16.5. The van der Waals surface area contributed by atoms with Crippen molar-refractivity contribution in [3.05, 3.63) is 72.6 Å². The molecule has 0 unspecified atom stereocenters. The molecule has 154 valence electrons. The molecule has 2 aromatic carbocycles. The number of carbonyl (C=O) groups is 1. The Morgan fingerprint density at radius 3 is 2.63 bits per heavy atom. The van der Waals surface area contributed by atoms with Crippen molar-refractivity contribution >= 4 is 11.7 Å². The Balaban J connectivity index is 1.32. The zero-order valence-electron chi connectivity index (χ0n) is 17.1. The second kappa shape index (κ2) is 9.39. The summed E-state index contributed by atoms with van der Waals surface area (Å²) >= 11 is 0. The standard InChI is InChI=1S/C24H26N4O2/c1-30-21-9-5-6-18(14-21)16-25-24(29)20-10-12-28(13-11-20)23-15-22(26-17-27-23)19-7-3-2-4-8-19/h2-9,14-15,17,20H,10-13,16H2,1H3,(H,25,29). The number of anilines is 1. The molecule has 6 heteroatoms. The second-order valence-electron chi connectivity index (χ2n) is 7.46. The molecule has 1 fully saturated rings. The number of methoxy groups -OCH3 is 1. The summed E-state index contributed by atoms with van der Waals surface area (Å²) in [5.74, 6) is 1.86. The highest BCUT2D eigenvalue weighted by molar-refractivity contribution is 5.79. The van der Waals surface area contributed by atoms with E-state index in [4.69, 9.17) is 4.74 Å². The van der Waals surface area contributed by atoms with Crippen LogP contribution in [0.25, 0.3) is 11.3 Å². The first-order valence-electron chi connectivity index (χ1n) is 10.3. The summed E-state index contributed by atoms with van der Waals surface area (Å²) < 4.78 is 5.24. The fourth-order valence-corrected chi connectivity index (χ4v) is 3.77. The molecule has 0 atom stereocenters. The van der Waals surface area contributed by atoms with Crippen LogP contribution in [0.2, 0.25) is 0 Å². The first-order chi connectivity index (χ1) is 14.7. The lowest BCUT2D eigenvalue weighted by Crippen LogP contribution is -2.40. The summed E-state index contributed by atoms with van der Waals surface area (Å²) in [7, 11) is 1.64. The van der Waals surface area contributed by atoms with Gasteiger partial charge in [-0.15, -0.1) is 0 Å². The highest BCUT2D eigenvalue weighted by Crippen LogP contribution is 2.25. The first kappa shape index (κ1) is 19.9. The quantitative estimate of drug-likeness (QED) is 0.681. The molecular formula is C24H26N4O2. The number of hydrogen-bond acceptors (Lipinski definition) is 5. The van der Waals surface area contributed by atoms with Crippen molar-refractivity contribution in [1.82, 2.24) is 15.3 Å². The molecule has 1 aliphatic rings. The summed E-state index contributed by atoms with van der Waals surface area (Å²) in [6, 6.07) is 19.9. The van der Waals surface area contributed by atoms with Gasteiger partial charge in [0.15, 0.2) is 0 Å². The van der Waals surface area contributed by atoms with E-state index < -0.39 is 0 Å². The van der Waals surface area contributed by atoms with Crippen LogP contribution in [0.15, 0.2) is 67.0 Å². The number of benzene rings is 2. The lowest BCUT2D eigenvalue weighted by Gasteiger charge is -2.32. The third-order valence-corrected chi connectivity index (χ3v) is 5.51. The fourth-order valence-electron chi connectivity index (χ4n) is 3.77. The van der Waals surface area contributed by atoms with Crippen LogP contribution in [0.4, 0.5) is 5.82 Å². The molecule has 1 aromatic heterocycles. The number of carbonyl (C=O) groups excluding carboxylic acids is 1. The maximum absolute atomic E-state index is 12.6. The molecule has 0 bridgehead atoms. The number of hydrogen-bond donors (Lipinski definition) is 1. The van der Waals surface area contributed by atoms with Gasteiger partial charge in [0.2, 0.25) is 5.91 Å². The lowest BCUT2D eigenvalue weighted by molar-refractivity contribution is -0.125. The zero-order valence-corrected chi connectivity index (χ0v) is 17.1. The van der Waals surface area contributed by atoms with Crippen LogP contribution < -0.4 is 15.0 Å². The number of piperidine rings is 1. The van der Waals surface area contributed by atoms with Crippen LogP contribution in [0.5, 0.6) is 5.75 Å². The van der Waals surface area contributed by atoms with Crippen molar-refractivity contribution in [2.75, 3.05) is 25.1 Å². The van der Waals surface area contributed by atoms with Crippen LogP contribution in [0, 0.1) is 5.92 Å². The van der Waals surface area contributed by atoms with Gasteiger partial charge in [-0.05, 0) is 30.5 Å². The summed E-state index contributed by atoms with van der Waals surface area (Å²) in [4.78, 5) is 23.7. The van der Waals surface area contributed by atoms with Crippen molar-refractivity contribution in [1.29, 1.82) is 0 Å². The molecule has 0 aliphatic carbocycles. The third-order valence-electron chi connectivity index (χ3n) is 5.51. The summed E-state index contributed by atoms with van der Waals surface area (Å²) in [5, 5.41) is 3.07. The molecule has 3 aromatic rings. The van der Waals surface area contributed by atoms with Crippen molar-refractivity contribution in [2.45, 2.75) is 19.4 Å². The number of nitrogens with zero attached hydrogens (tertiary/aromatic N) is 3. The molecule has 1 amide bonds. The molecular weight excluding hydrogens is 376 g/mol. The first-order valence-corrected chi connectivity index (χ1v) is 10.3. The fraction of sp³-hybridized carbons (Fsp3) is 0.292. The summed E-state index contributed by atoms with van der Waals surface area (Å²) in [5.41, 5.74) is 3.03. The Bertz CT molecular complexity index is 985. The van der Waals surface area contributed by atoms with Crippen molar-refractivity contribution in [2.24, 2.45) is 5.92 Å². The molecule has 30 heavy (non-hydrogen) atoms. The minimum Gasteiger partial charge on any atom is -0.497 e. The van der Waals surface area contributed by atoms with Gasteiger partial charge in [0.1, 0.15) is 17.9 Å². The Kier molecular flexibility index (Phi) is 6.23. The number of nitrogens with one attached hydrogen (secondary N) is 1. The van der Waals surface area contributed by atoms with Gasteiger partial charge in [-0.2, -0.15) is 0 Å². The summed E-state index contributed by atoms with van der Waals surface area (Å²) in [6.07, 6.45) is 3.24. The minimum absolute atomic E-state index is 0.0299. The van der Waals surface area contributed by atoms with Crippen LogP contribution in [-0.4, -0.2) is 36.1 Å². The van der Waals surface area contributed by atoms with Crippen molar-refractivity contribution < 1.29 is 9.53 Å². The number of amides is 1. The summed E-state index contributed by atoms with van der Waals surface area (Å²) in [6.45, 7) is 2.13. The molecule has 1 saturated heterocycles. The Labute approximate surface area is 176 Å². The zero-order chi connectivity index (χ0) is 20.8. The highest BCUT2D eigenvalue weighted by Gasteiger charge is 2.25. The van der Waals surface area contributed by atoms with Crippen LogP contribution >= 0.6 is 0 Å². The Morgan fingerprint density at radius 2 is 1.87 bits per heavy atom. The van der Waals surface area contributed by atoms with Crippen molar-refractivity contribution in [3.8, 4) is 17.0 Å². The Morgan fingerprint density at radius 1 is 1.07 bits per heavy atom. The van der Waals surface area contributed by atoms with E-state index in [9.17, 15) is 4.79 Å². The third kappa shape index (κ3) is 4.76. The molecule has 0 saturated carbocycles. The van der Waals surface area contributed by atoms with Gasteiger partial charge in [-0.1, -0.05) is 42.5 Å². The van der Waals surface area contributed by atoms with E-state index in [0.717, 1.165) is 54.3 Å². The van der Waals surface area contributed by atoms with Gasteiger partial charge in [0.25, 0.3) is 0 Å². The van der Waals surface area contributed by atoms with Gasteiger partial charge in [0.05, 0.1) is 12.8 Å². The smallest absolute Gasteiger partial charge is 0.223 e. The van der Waals surface area contributed by atoms with E-state index in [1.807, 2.05) is 60.7 Å². The molecule has 1 N–H and O–H groups in total. The monoisotopic (exact) mass is 402 g/mol. The van der Waals surface area contributed by atoms with Gasteiger partial charge in [0, 0.05) is 37.2 Å². The Hall–Kier alpha value is -3.41. The molecule has 1 aliphatic heterocycles. The second-order valence-corrected chi connectivity index (χ2v) is 7.46. The predicted octanol–water partition coefficient (Wildman–Crippen LogP) is 3.69. The van der Waals surface area contributed by atoms with Crippen LogP contribution in [0.1, 0.15) is 18.4 Å². The van der Waals surface area contributed by atoms with E-state index in [1.165, 1.54) is 0 Å². The van der Waals surface area contributed by atoms with E-state index in [2.05, 4.69) is 20.2 Å². The molecule has 6 nitrogen and oxygen atoms in total. The molecule has 4 rings (SSSR count). The van der Waals surface area contributed by atoms with Gasteiger partial charge >= 0.3 is 0 Å². The number of rotatable bonds is 6. The molecule has 2 heterocycles. The average molecular weight is 402 g/mol. The average Bonchev–Trinajstić information content (AvgIpc) is 2.83. The van der Waals surface area contributed by atoms with E-state index in [0.29, 0.717) is 6.54 Å². The largest absolute Gasteiger partial charge is 0.497 e. The number of ether oxygens (including phenoxy) is 1. The van der Waals surface area contributed by atoms with E-state index in [1.54, 1.807) is 13.4 Å². The molecule has 0 spiro atoms. The predicted molar refractivity (Wildman–Crippen MR) is 117 cm³/mol. The normalized spacial score (nSPS) is 14.4. The van der Waals surface area contributed by atoms with Crippen molar-refractivity contribution in [3.63, 3.8) is 0 Å². The SMILES string of the molecule is COc1cccc(CNC(=O)C2CCN(c3cc(-c4ccccc4)ncn3)CC2)c1. The molecule has 0 radical (unpaired) electrons. The lowest BCUT2D eigenvalue weighted by atomic mass is 9.95. The van der Waals surface area contributed by atoms with E-state index >= 15 is 0 Å². The minimum atomic E-state index is 0.0299. The topological polar surface area (TPSA) is 67.3 Å². The maximum Gasteiger partial charge on any atom is 0.223 e. The van der Waals surface area contributed by atoms with E-state index in [-0.39, 0.29) is 11.8 Å². The van der Waals surface area contributed by atoms with Crippen LogP contribution in [0.3, 0.4) is 0 Å².